The molecule has 1 aliphatic heterocycles. The van der Waals surface area contributed by atoms with E-state index in [1.54, 1.807) is 12.1 Å². The van der Waals surface area contributed by atoms with Crippen LogP contribution in [0.25, 0.3) is 0 Å². The van der Waals surface area contributed by atoms with Gasteiger partial charge in [-0.1, -0.05) is 22.4 Å². The zero-order chi connectivity index (χ0) is 15.2. The lowest BCUT2D eigenvalue weighted by Crippen LogP contribution is -2.44. The normalized spacial score (nSPS) is 19.5. The van der Waals surface area contributed by atoms with E-state index in [0.29, 0.717) is 23.6 Å². The van der Waals surface area contributed by atoms with Crippen LogP contribution in [-0.2, 0) is 4.79 Å². The van der Waals surface area contributed by atoms with E-state index in [2.05, 4.69) is 26.1 Å². The van der Waals surface area contributed by atoms with Crippen molar-refractivity contribution in [2.75, 3.05) is 25.0 Å². The van der Waals surface area contributed by atoms with Crippen LogP contribution in [-0.4, -0.2) is 36.5 Å². The maximum Gasteiger partial charge on any atom is 0.238 e. The molecule has 0 spiro atoms. The van der Waals surface area contributed by atoms with E-state index >= 15 is 0 Å². The van der Waals surface area contributed by atoms with Crippen LogP contribution in [0.3, 0.4) is 0 Å². The van der Waals surface area contributed by atoms with Gasteiger partial charge in [0.05, 0.1) is 12.2 Å². The first-order valence-corrected chi connectivity index (χ1v) is 8.08. The SMILES string of the molecule is NCCC1CCCCN1CC(=O)Nc1ccc(Br)cc1F. The van der Waals surface area contributed by atoms with Crippen LogP contribution in [0.4, 0.5) is 10.1 Å². The van der Waals surface area contributed by atoms with Crippen LogP contribution in [0.1, 0.15) is 25.7 Å². The van der Waals surface area contributed by atoms with Crippen molar-refractivity contribution in [2.24, 2.45) is 5.73 Å². The highest BCUT2D eigenvalue weighted by molar-refractivity contribution is 9.10. The van der Waals surface area contributed by atoms with Crippen LogP contribution in [0.5, 0.6) is 0 Å². The van der Waals surface area contributed by atoms with Crippen molar-refractivity contribution in [1.82, 2.24) is 4.90 Å². The number of hydrogen-bond donors (Lipinski definition) is 2. The van der Waals surface area contributed by atoms with Crippen molar-refractivity contribution < 1.29 is 9.18 Å². The molecule has 0 saturated carbocycles. The van der Waals surface area contributed by atoms with Crippen molar-refractivity contribution in [2.45, 2.75) is 31.7 Å². The van der Waals surface area contributed by atoms with Gasteiger partial charge in [0.15, 0.2) is 0 Å². The molecule has 3 N–H and O–H groups in total. The summed E-state index contributed by atoms with van der Waals surface area (Å²) in [5.74, 6) is -0.616. The van der Waals surface area contributed by atoms with Gasteiger partial charge in [0.1, 0.15) is 5.82 Å². The van der Waals surface area contributed by atoms with E-state index in [-0.39, 0.29) is 11.6 Å². The smallest absolute Gasteiger partial charge is 0.238 e. The largest absolute Gasteiger partial charge is 0.330 e. The van der Waals surface area contributed by atoms with Crippen molar-refractivity contribution >= 4 is 27.5 Å². The van der Waals surface area contributed by atoms with Crippen LogP contribution >= 0.6 is 15.9 Å². The number of piperidine rings is 1. The number of benzene rings is 1. The van der Waals surface area contributed by atoms with Gasteiger partial charge < -0.3 is 11.1 Å². The second-order valence-corrected chi connectivity index (χ2v) is 6.29. The standard InChI is InChI=1S/C15H21BrFN3O/c16-11-4-5-14(13(17)9-11)19-15(21)10-20-8-2-1-3-12(20)6-7-18/h4-5,9,12H,1-3,6-8,10,18H2,(H,19,21). The fourth-order valence-electron chi connectivity index (χ4n) is 2.75. The van der Waals surface area contributed by atoms with Crippen LogP contribution in [0.15, 0.2) is 22.7 Å². The van der Waals surface area contributed by atoms with Gasteiger partial charge in [-0.15, -0.1) is 0 Å². The number of nitrogens with two attached hydrogens (primary N) is 1. The summed E-state index contributed by atoms with van der Waals surface area (Å²) in [7, 11) is 0. The highest BCUT2D eigenvalue weighted by Crippen LogP contribution is 2.21. The number of anilines is 1. The van der Waals surface area contributed by atoms with E-state index in [0.717, 1.165) is 25.8 Å². The Kier molecular flexibility index (Phi) is 6.14. The molecule has 1 saturated heterocycles. The summed E-state index contributed by atoms with van der Waals surface area (Å²) in [6.45, 7) is 1.82. The zero-order valence-electron chi connectivity index (χ0n) is 11.9. The zero-order valence-corrected chi connectivity index (χ0v) is 13.5. The van der Waals surface area contributed by atoms with Gasteiger partial charge in [0.2, 0.25) is 5.91 Å². The molecule has 2 rings (SSSR count). The Labute approximate surface area is 133 Å². The lowest BCUT2D eigenvalue weighted by Gasteiger charge is -2.35. The first-order valence-electron chi connectivity index (χ1n) is 7.29. The highest BCUT2D eigenvalue weighted by Gasteiger charge is 2.23. The maximum absolute atomic E-state index is 13.7. The molecule has 21 heavy (non-hydrogen) atoms. The van der Waals surface area contributed by atoms with Gasteiger partial charge in [-0.3, -0.25) is 9.69 Å². The number of hydrogen-bond acceptors (Lipinski definition) is 3. The molecule has 4 nitrogen and oxygen atoms in total. The summed E-state index contributed by atoms with van der Waals surface area (Å²) in [5, 5.41) is 2.64. The summed E-state index contributed by atoms with van der Waals surface area (Å²) in [4.78, 5) is 14.3. The molecule has 1 heterocycles. The third-order valence-electron chi connectivity index (χ3n) is 3.80. The molecule has 1 unspecified atom stereocenters. The molecule has 1 aromatic carbocycles. The third-order valence-corrected chi connectivity index (χ3v) is 4.29. The predicted molar refractivity (Wildman–Crippen MR) is 85.6 cm³/mol. The lowest BCUT2D eigenvalue weighted by atomic mass is 9.99. The summed E-state index contributed by atoms with van der Waals surface area (Å²) in [5.41, 5.74) is 5.85. The number of carbonyl (C=O) groups is 1. The van der Waals surface area contributed by atoms with E-state index in [4.69, 9.17) is 5.73 Å². The Morgan fingerprint density at radius 3 is 3.00 bits per heavy atom. The molecule has 0 aliphatic carbocycles. The fourth-order valence-corrected chi connectivity index (χ4v) is 3.09. The van der Waals surface area contributed by atoms with Gasteiger partial charge in [-0.05, 0) is 50.6 Å². The van der Waals surface area contributed by atoms with Gasteiger partial charge in [-0.25, -0.2) is 4.39 Å². The first-order chi connectivity index (χ1) is 10.1. The van der Waals surface area contributed by atoms with Gasteiger partial charge >= 0.3 is 0 Å². The summed E-state index contributed by atoms with van der Waals surface area (Å²) < 4.78 is 14.4. The van der Waals surface area contributed by atoms with Crippen LogP contribution < -0.4 is 11.1 Å². The molecular formula is C15H21BrFN3O. The average Bonchev–Trinajstić information content (AvgIpc) is 2.44. The number of amides is 1. The number of carbonyl (C=O) groups excluding carboxylic acids is 1. The van der Waals surface area contributed by atoms with Gasteiger partial charge in [0.25, 0.3) is 0 Å². The fraction of sp³-hybridized carbons (Fsp3) is 0.533. The predicted octanol–water partition coefficient (Wildman–Crippen LogP) is 2.73. The van der Waals surface area contributed by atoms with E-state index in [1.165, 1.54) is 12.5 Å². The number of halogens is 2. The van der Waals surface area contributed by atoms with E-state index < -0.39 is 5.82 Å². The number of rotatable bonds is 5. The van der Waals surface area contributed by atoms with Crippen molar-refractivity contribution in [3.8, 4) is 0 Å². The van der Waals surface area contributed by atoms with E-state index in [9.17, 15) is 9.18 Å². The molecule has 116 valence electrons. The molecule has 0 bridgehead atoms. The molecular weight excluding hydrogens is 337 g/mol. The molecule has 0 aromatic heterocycles. The topological polar surface area (TPSA) is 58.4 Å². The monoisotopic (exact) mass is 357 g/mol. The summed E-state index contributed by atoms with van der Waals surface area (Å²) in [6.07, 6.45) is 4.27. The van der Waals surface area contributed by atoms with Crippen molar-refractivity contribution in [3.63, 3.8) is 0 Å². The molecule has 0 radical (unpaired) electrons. The van der Waals surface area contributed by atoms with Crippen LogP contribution in [0.2, 0.25) is 0 Å². The lowest BCUT2D eigenvalue weighted by molar-refractivity contribution is -0.118. The van der Waals surface area contributed by atoms with E-state index in [1.807, 2.05) is 0 Å². The quantitative estimate of drug-likeness (QED) is 0.851. The maximum atomic E-state index is 13.7. The van der Waals surface area contributed by atoms with Gasteiger partial charge in [-0.2, -0.15) is 0 Å². The van der Waals surface area contributed by atoms with Crippen LogP contribution in [0, 0.1) is 5.82 Å². The minimum absolute atomic E-state index is 0.180. The first kappa shape index (κ1) is 16.4. The molecule has 6 heteroatoms. The molecule has 1 fully saturated rings. The Bertz CT molecular complexity index is 496. The summed E-state index contributed by atoms with van der Waals surface area (Å²) in [6, 6.07) is 4.97. The van der Waals surface area contributed by atoms with Crippen molar-refractivity contribution in [1.29, 1.82) is 0 Å². The Morgan fingerprint density at radius 1 is 1.48 bits per heavy atom. The number of nitrogens with one attached hydrogen (secondary N) is 1. The third kappa shape index (κ3) is 4.76. The minimum atomic E-state index is -0.435. The molecule has 1 amide bonds. The number of likely N-dealkylation sites (tertiary alicyclic amines) is 1. The highest BCUT2D eigenvalue weighted by atomic mass is 79.9. The Morgan fingerprint density at radius 2 is 2.29 bits per heavy atom. The second kappa shape index (κ2) is 7.87. The Balaban J connectivity index is 1.93. The molecule has 1 aromatic rings. The molecule has 1 atom stereocenters. The summed E-state index contributed by atoms with van der Waals surface area (Å²) >= 11 is 3.19. The molecule has 1 aliphatic rings. The van der Waals surface area contributed by atoms with Gasteiger partial charge in [0, 0.05) is 10.5 Å². The number of nitrogens with zero attached hydrogens (tertiary/aromatic N) is 1. The average molecular weight is 358 g/mol. The Hall–Kier alpha value is -0.980. The van der Waals surface area contributed by atoms with Crippen molar-refractivity contribution in [3.05, 3.63) is 28.5 Å². The second-order valence-electron chi connectivity index (χ2n) is 5.37. The minimum Gasteiger partial charge on any atom is -0.330 e.